The SMILES string of the molecule is COc1cccc(OC)c1CC(=O)NCCC1CCNC1. The third-order valence-corrected chi connectivity index (χ3v) is 3.90. The number of benzene rings is 1. The Morgan fingerprint density at radius 2 is 2.05 bits per heavy atom. The zero-order valence-electron chi connectivity index (χ0n) is 12.8. The summed E-state index contributed by atoms with van der Waals surface area (Å²) in [5, 5.41) is 6.32. The van der Waals surface area contributed by atoms with Gasteiger partial charge < -0.3 is 20.1 Å². The molecule has 1 amide bonds. The highest BCUT2D eigenvalue weighted by Gasteiger charge is 2.16. The van der Waals surface area contributed by atoms with Crippen LogP contribution in [-0.2, 0) is 11.2 Å². The summed E-state index contributed by atoms with van der Waals surface area (Å²) in [4.78, 5) is 12.1. The molecule has 0 saturated carbocycles. The second-order valence-corrected chi connectivity index (χ2v) is 5.32. The molecule has 1 aliphatic heterocycles. The molecule has 1 fully saturated rings. The number of hydrogen-bond donors (Lipinski definition) is 2. The summed E-state index contributed by atoms with van der Waals surface area (Å²) < 4.78 is 10.6. The van der Waals surface area contributed by atoms with Gasteiger partial charge >= 0.3 is 0 Å². The van der Waals surface area contributed by atoms with Gasteiger partial charge in [0.1, 0.15) is 11.5 Å². The van der Waals surface area contributed by atoms with Gasteiger partial charge in [0.05, 0.1) is 20.6 Å². The van der Waals surface area contributed by atoms with E-state index in [2.05, 4.69) is 10.6 Å². The quantitative estimate of drug-likeness (QED) is 0.797. The zero-order chi connectivity index (χ0) is 15.1. The molecule has 1 atom stereocenters. The van der Waals surface area contributed by atoms with E-state index in [-0.39, 0.29) is 12.3 Å². The number of carbonyl (C=O) groups is 1. The summed E-state index contributed by atoms with van der Waals surface area (Å²) in [6.45, 7) is 2.88. The smallest absolute Gasteiger partial charge is 0.224 e. The van der Waals surface area contributed by atoms with E-state index < -0.39 is 0 Å². The number of methoxy groups -OCH3 is 2. The Bertz CT molecular complexity index is 448. The van der Waals surface area contributed by atoms with Crippen molar-refractivity contribution >= 4 is 5.91 Å². The zero-order valence-corrected chi connectivity index (χ0v) is 12.8. The van der Waals surface area contributed by atoms with E-state index in [4.69, 9.17) is 9.47 Å². The maximum Gasteiger partial charge on any atom is 0.224 e. The van der Waals surface area contributed by atoms with Gasteiger partial charge in [-0.2, -0.15) is 0 Å². The molecule has 2 rings (SSSR count). The van der Waals surface area contributed by atoms with Crippen LogP contribution in [0.15, 0.2) is 18.2 Å². The van der Waals surface area contributed by atoms with Gasteiger partial charge in [0.2, 0.25) is 5.91 Å². The number of rotatable bonds is 7. The van der Waals surface area contributed by atoms with Crippen LogP contribution in [0.5, 0.6) is 11.5 Å². The second kappa shape index (κ2) is 7.88. The van der Waals surface area contributed by atoms with Gasteiger partial charge in [-0.05, 0) is 44.0 Å². The molecule has 0 radical (unpaired) electrons. The summed E-state index contributed by atoms with van der Waals surface area (Å²) in [6, 6.07) is 5.54. The number of amides is 1. The lowest BCUT2D eigenvalue weighted by molar-refractivity contribution is -0.120. The van der Waals surface area contributed by atoms with E-state index in [9.17, 15) is 4.79 Å². The molecule has 0 spiro atoms. The highest BCUT2D eigenvalue weighted by Crippen LogP contribution is 2.28. The van der Waals surface area contributed by atoms with Crippen LogP contribution in [0.3, 0.4) is 0 Å². The van der Waals surface area contributed by atoms with Gasteiger partial charge in [-0.25, -0.2) is 0 Å². The first kappa shape index (κ1) is 15.6. The van der Waals surface area contributed by atoms with Gasteiger partial charge in [0.15, 0.2) is 0 Å². The number of ether oxygens (including phenoxy) is 2. The Hall–Kier alpha value is -1.75. The van der Waals surface area contributed by atoms with E-state index in [1.54, 1.807) is 14.2 Å². The lowest BCUT2D eigenvalue weighted by Gasteiger charge is -2.13. The summed E-state index contributed by atoms with van der Waals surface area (Å²) in [7, 11) is 3.20. The fraction of sp³-hybridized carbons (Fsp3) is 0.562. The third kappa shape index (κ3) is 4.36. The molecular weight excluding hydrogens is 268 g/mol. The van der Waals surface area contributed by atoms with Crippen molar-refractivity contribution in [1.82, 2.24) is 10.6 Å². The van der Waals surface area contributed by atoms with Crippen LogP contribution in [-0.4, -0.2) is 39.8 Å². The standard InChI is InChI=1S/C16H24N2O3/c1-20-14-4-3-5-15(21-2)13(14)10-16(19)18-9-7-12-6-8-17-11-12/h3-5,12,17H,6-11H2,1-2H3,(H,18,19). The summed E-state index contributed by atoms with van der Waals surface area (Å²) in [5.74, 6) is 2.06. The Labute approximate surface area is 126 Å². The van der Waals surface area contributed by atoms with E-state index >= 15 is 0 Å². The molecule has 1 unspecified atom stereocenters. The van der Waals surface area contributed by atoms with Crippen molar-refractivity contribution in [3.05, 3.63) is 23.8 Å². The number of carbonyl (C=O) groups excluding carboxylic acids is 1. The first-order valence-corrected chi connectivity index (χ1v) is 7.42. The van der Waals surface area contributed by atoms with E-state index in [0.717, 1.165) is 31.6 Å². The van der Waals surface area contributed by atoms with E-state index in [0.29, 0.717) is 17.4 Å². The predicted molar refractivity (Wildman–Crippen MR) is 81.9 cm³/mol. The minimum absolute atomic E-state index is 0.00348. The van der Waals surface area contributed by atoms with Crippen LogP contribution in [0.2, 0.25) is 0 Å². The van der Waals surface area contributed by atoms with E-state index in [1.807, 2.05) is 18.2 Å². The highest BCUT2D eigenvalue weighted by atomic mass is 16.5. The molecule has 5 nitrogen and oxygen atoms in total. The van der Waals surface area contributed by atoms with Crippen LogP contribution < -0.4 is 20.1 Å². The molecule has 21 heavy (non-hydrogen) atoms. The van der Waals surface area contributed by atoms with Gasteiger partial charge in [0, 0.05) is 12.1 Å². The van der Waals surface area contributed by atoms with E-state index in [1.165, 1.54) is 6.42 Å². The lowest BCUT2D eigenvalue weighted by Crippen LogP contribution is -2.28. The van der Waals surface area contributed by atoms with Crippen molar-refractivity contribution in [2.24, 2.45) is 5.92 Å². The maximum absolute atomic E-state index is 12.1. The third-order valence-electron chi connectivity index (χ3n) is 3.90. The van der Waals surface area contributed by atoms with Crippen LogP contribution in [0.1, 0.15) is 18.4 Å². The molecule has 0 aliphatic carbocycles. The van der Waals surface area contributed by atoms with Gasteiger partial charge in [0.25, 0.3) is 0 Å². The molecule has 1 aromatic carbocycles. The monoisotopic (exact) mass is 292 g/mol. The average Bonchev–Trinajstić information content (AvgIpc) is 3.00. The van der Waals surface area contributed by atoms with Crippen molar-refractivity contribution in [2.75, 3.05) is 33.9 Å². The Morgan fingerprint density at radius 1 is 1.33 bits per heavy atom. The molecule has 1 saturated heterocycles. The minimum Gasteiger partial charge on any atom is -0.496 e. The molecule has 1 aliphatic rings. The van der Waals surface area contributed by atoms with Gasteiger partial charge in [-0.15, -0.1) is 0 Å². The summed E-state index contributed by atoms with van der Waals surface area (Å²) in [6.07, 6.45) is 2.51. The molecule has 1 aromatic rings. The summed E-state index contributed by atoms with van der Waals surface area (Å²) in [5.41, 5.74) is 0.794. The topological polar surface area (TPSA) is 59.6 Å². The van der Waals surface area contributed by atoms with Crippen molar-refractivity contribution in [2.45, 2.75) is 19.3 Å². The largest absolute Gasteiger partial charge is 0.496 e. The number of hydrogen-bond acceptors (Lipinski definition) is 4. The first-order chi connectivity index (χ1) is 10.2. The first-order valence-electron chi connectivity index (χ1n) is 7.42. The van der Waals surface area contributed by atoms with Crippen LogP contribution in [0.4, 0.5) is 0 Å². The van der Waals surface area contributed by atoms with Gasteiger partial charge in [-0.1, -0.05) is 6.07 Å². The van der Waals surface area contributed by atoms with Crippen molar-refractivity contribution in [3.63, 3.8) is 0 Å². The molecule has 2 N–H and O–H groups in total. The van der Waals surface area contributed by atoms with Crippen LogP contribution >= 0.6 is 0 Å². The minimum atomic E-state index is 0.00348. The Balaban J connectivity index is 1.86. The molecule has 0 aromatic heterocycles. The molecular formula is C16H24N2O3. The predicted octanol–water partition coefficient (Wildman–Crippen LogP) is 1.36. The summed E-state index contributed by atoms with van der Waals surface area (Å²) >= 11 is 0. The van der Waals surface area contributed by atoms with Crippen LogP contribution in [0, 0.1) is 5.92 Å². The fourth-order valence-electron chi connectivity index (χ4n) is 2.70. The normalized spacial score (nSPS) is 17.5. The fourth-order valence-corrected chi connectivity index (χ4v) is 2.70. The van der Waals surface area contributed by atoms with Crippen molar-refractivity contribution in [1.29, 1.82) is 0 Å². The Morgan fingerprint density at radius 3 is 2.62 bits per heavy atom. The Kier molecular flexibility index (Phi) is 5.87. The molecule has 0 bridgehead atoms. The molecule has 5 heteroatoms. The molecule has 1 heterocycles. The maximum atomic E-state index is 12.1. The van der Waals surface area contributed by atoms with Crippen LogP contribution in [0.25, 0.3) is 0 Å². The number of nitrogens with one attached hydrogen (secondary N) is 2. The second-order valence-electron chi connectivity index (χ2n) is 5.32. The van der Waals surface area contributed by atoms with Gasteiger partial charge in [-0.3, -0.25) is 4.79 Å². The molecule has 116 valence electrons. The average molecular weight is 292 g/mol. The van der Waals surface area contributed by atoms with Crippen molar-refractivity contribution in [3.8, 4) is 11.5 Å². The highest BCUT2D eigenvalue weighted by molar-refractivity contribution is 5.80. The van der Waals surface area contributed by atoms with Crippen molar-refractivity contribution < 1.29 is 14.3 Å². The lowest BCUT2D eigenvalue weighted by atomic mass is 10.0.